The maximum Gasteiger partial charge on any atom is 0.256 e. The van der Waals surface area contributed by atoms with Crippen molar-refractivity contribution in [3.05, 3.63) is 43.3 Å². The van der Waals surface area contributed by atoms with Gasteiger partial charge in [0.2, 0.25) is 0 Å². The average molecular weight is 496 g/mol. The zero-order valence-electron chi connectivity index (χ0n) is 15.9. The van der Waals surface area contributed by atoms with E-state index in [1.165, 1.54) is 16.9 Å². The summed E-state index contributed by atoms with van der Waals surface area (Å²) in [5.74, 6) is 0.952. The number of carbonyl (C=O) groups excluding carboxylic acids is 1. The highest BCUT2D eigenvalue weighted by atomic mass is 127. The largest absolute Gasteiger partial charge is 0.507 e. The molecule has 2 aliphatic rings. The number of phenols is 1. The lowest BCUT2D eigenvalue weighted by Gasteiger charge is -2.36. The summed E-state index contributed by atoms with van der Waals surface area (Å²) in [6.45, 7) is 7.00. The molecule has 0 unspecified atom stereocenters. The van der Waals surface area contributed by atoms with Gasteiger partial charge in [0.25, 0.3) is 5.91 Å². The molecule has 0 spiro atoms. The number of carbonyl (C=O) groups is 1. The third kappa shape index (κ3) is 3.35. The molecule has 2 aromatic rings. The quantitative estimate of drug-likeness (QED) is 0.495. The summed E-state index contributed by atoms with van der Waals surface area (Å²) in [7, 11) is 0. The molecule has 4 nitrogen and oxygen atoms in total. The van der Waals surface area contributed by atoms with Gasteiger partial charge in [-0.05, 0) is 76.4 Å². The summed E-state index contributed by atoms with van der Waals surface area (Å²) >= 11 is 3.86. The Morgan fingerprint density at radius 2 is 2.11 bits per heavy atom. The molecule has 4 rings (SSSR count). The highest BCUT2D eigenvalue weighted by Crippen LogP contribution is 2.47. The first-order chi connectivity index (χ1) is 12.8. The number of anilines is 1. The maximum atomic E-state index is 12.9. The summed E-state index contributed by atoms with van der Waals surface area (Å²) in [6.07, 6.45) is 4.14. The minimum absolute atomic E-state index is 0.0162. The SMILES string of the molecule is CCC(C)(C)[C@@H]1CCc2c(sc3c2C(=O)N[C@H](c2ccc(O)c(I)c2)N3)C1. The lowest BCUT2D eigenvalue weighted by atomic mass is 9.69. The van der Waals surface area contributed by atoms with Crippen molar-refractivity contribution in [2.45, 2.75) is 52.6 Å². The van der Waals surface area contributed by atoms with Gasteiger partial charge in [-0.2, -0.15) is 0 Å². The van der Waals surface area contributed by atoms with Gasteiger partial charge in [-0.1, -0.05) is 33.3 Å². The molecule has 1 aromatic heterocycles. The molecule has 0 saturated carbocycles. The standard InChI is InChI=1S/C21H25IN2O2S/c1-4-21(2,3)12-6-7-13-16(10-12)27-20-17(13)19(26)23-18(24-20)11-5-8-15(25)14(22)9-11/h5,8-9,12,18,24-25H,4,6-7,10H2,1-3H3,(H,23,26)/t12-,18+/m1/s1. The fourth-order valence-electron chi connectivity index (χ4n) is 4.12. The number of nitrogens with one attached hydrogen (secondary N) is 2. The molecular weight excluding hydrogens is 471 g/mol. The van der Waals surface area contributed by atoms with Crippen molar-refractivity contribution >= 4 is 44.8 Å². The Balaban J connectivity index is 1.63. The van der Waals surface area contributed by atoms with Gasteiger partial charge in [-0.15, -0.1) is 11.3 Å². The molecule has 0 radical (unpaired) electrons. The summed E-state index contributed by atoms with van der Waals surface area (Å²) in [5.41, 5.74) is 3.39. The van der Waals surface area contributed by atoms with Crippen LogP contribution in [0.25, 0.3) is 0 Å². The molecule has 0 saturated heterocycles. The number of fused-ring (bicyclic) bond motifs is 3. The van der Waals surface area contributed by atoms with Crippen molar-refractivity contribution in [3.8, 4) is 5.75 Å². The minimum Gasteiger partial charge on any atom is -0.507 e. The van der Waals surface area contributed by atoms with Crippen LogP contribution in [-0.2, 0) is 12.8 Å². The van der Waals surface area contributed by atoms with E-state index in [9.17, 15) is 9.90 Å². The topological polar surface area (TPSA) is 61.4 Å². The monoisotopic (exact) mass is 496 g/mol. The zero-order valence-corrected chi connectivity index (χ0v) is 18.8. The van der Waals surface area contributed by atoms with E-state index in [4.69, 9.17) is 0 Å². The van der Waals surface area contributed by atoms with E-state index >= 15 is 0 Å². The first-order valence-electron chi connectivity index (χ1n) is 9.50. The van der Waals surface area contributed by atoms with Gasteiger partial charge in [0.1, 0.15) is 16.9 Å². The van der Waals surface area contributed by atoms with Crippen LogP contribution < -0.4 is 10.6 Å². The van der Waals surface area contributed by atoms with Crippen LogP contribution in [0.15, 0.2) is 18.2 Å². The molecule has 2 heterocycles. The number of thiophene rings is 1. The Morgan fingerprint density at radius 3 is 2.81 bits per heavy atom. The molecule has 2 atom stereocenters. The molecule has 1 amide bonds. The van der Waals surface area contributed by atoms with Gasteiger partial charge >= 0.3 is 0 Å². The van der Waals surface area contributed by atoms with Crippen molar-refractivity contribution in [2.24, 2.45) is 11.3 Å². The normalized spacial score (nSPS) is 21.9. The van der Waals surface area contributed by atoms with Crippen LogP contribution >= 0.6 is 33.9 Å². The van der Waals surface area contributed by atoms with Gasteiger partial charge < -0.3 is 15.7 Å². The van der Waals surface area contributed by atoms with Crippen molar-refractivity contribution < 1.29 is 9.90 Å². The molecule has 27 heavy (non-hydrogen) atoms. The first kappa shape index (κ1) is 19.1. The van der Waals surface area contributed by atoms with E-state index in [0.717, 1.165) is 39.0 Å². The Bertz CT molecular complexity index is 906. The predicted molar refractivity (Wildman–Crippen MR) is 119 cm³/mol. The van der Waals surface area contributed by atoms with E-state index < -0.39 is 0 Å². The number of aromatic hydroxyl groups is 1. The van der Waals surface area contributed by atoms with Crippen molar-refractivity contribution in [1.29, 1.82) is 0 Å². The lowest BCUT2D eigenvalue weighted by molar-refractivity contribution is 0.0934. The minimum atomic E-state index is -0.262. The number of rotatable bonds is 3. The van der Waals surface area contributed by atoms with Crippen molar-refractivity contribution in [3.63, 3.8) is 0 Å². The molecule has 6 heteroatoms. The number of amides is 1. The molecule has 1 aromatic carbocycles. The zero-order chi connectivity index (χ0) is 19.3. The third-order valence-corrected chi connectivity index (χ3v) is 8.41. The summed E-state index contributed by atoms with van der Waals surface area (Å²) in [4.78, 5) is 14.3. The van der Waals surface area contributed by atoms with Crippen LogP contribution in [0.1, 0.15) is 66.1 Å². The van der Waals surface area contributed by atoms with Crippen LogP contribution in [0.3, 0.4) is 0 Å². The molecule has 1 aliphatic heterocycles. The van der Waals surface area contributed by atoms with Gasteiger partial charge in [0.05, 0.1) is 9.13 Å². The molecule has 0 fully saturated rings. The van der Waals surface area contributed by atoms with Crippen LogP contribution in [-0.4, -0.2) is 11.0 Å². The second-order valence-corrected chi connectivity index (χ2v) is 10.5. The molecule has 1 aliphatic carbocycles. The second kappa shape index (κ2) is 6.95. The average Bonchev–Trinajstić information content (AvgIpc) is 3.02. The molecule has 0 bridgehead atoms. The van der Waals surface area contributed by atoms with E-state index in [1.807, 2.05) is 12.1 Å². The predicted octanol–water partition coefficient (Wildman–Crippen LogP) is 5.45. The number of phenolic OH excluding ortho intramolecular Hbond substituents is 1. The second-order valence-electron chi connectivity index (χ2n) is 8.25. The Hall–Kier alpha value is -1.28. The van der Waals surface area contributed by atoms with E-state index in [-0.39, 0.29) is 17.8 Å². The number of hydrogen-bond acceptors (Lipinski definition) is 4. The lowest BCUT2D eigenvalue weighted by Crippen LogP contribution is -2.38. The third-order valence-electron chi connectivity index (χ3n) is 6.36. The Morgan fingerprint density at radius 1 is 1.33 bits per heavy atom. The van der Waals surface area contributed by atoms with Crippen LogP contribution in [0.5, 0.6) is 5.75 Å². The van der Waals surface area contributed by atoms with Gasteiger partial charge in [0.15, 0.2) is 0 Å². The van der Waals surface area contributed by atoms with E-state index in [2.05, 4.69) is 54.0 Å². The van der Waals surface area contributed by atoms with E-state index in [0.29, 0.717) is 11.3 Å². The number of benzene rings is 1. The molecule has 144 valence electrons. The fraction of sp³-hybridized carbons (Fsp3) is 0.476. The van der Waals surface area contributed by atoms with Crippen LogP contribution in [0.2, 0.25) is 0 Å². The highest BCUT2D eigenvalue weighted by molar-refractivity contribution is 14.1. The smallest absolute Gasteiger partial charge is 0.256 e. The summed E-state index contributed by atoms with van der Waals surface area (Å²) in [6, 6.07) is 5.44. The number of halogens is 1. The van der Waals surface area contributed by atoms with Gasteiger partial charge in [0, 0.05) is 4.88 Å². The van der Waals surface area contributed by atoms with Crippen LogP contribution in [0.4, 0.5) is 5.00 Å². The van der Waals surface area contributed by atoms with Crippen LogP contribution in [0, 0.1) is 14.9 Å². The Kier molecular flexibility index (Phi) is 4.91. The van der Waals surface area contributed by atoms with Gasteiger partial charge in [-0.3, -0.25) is 4.79 Å². The summed E-state index contributed by atoms with van der Waals surface area (Å²) in [5, 5.41) is 17.4. The summed E-state index contributed by atoms with van der Waals surface area (Å²) < 4.78 is 0.780. The number of hydrogen-bond donors (Lipinski definition) is 3. The van der Waals surface area contributed by atoms with E-state index in [1.54, 1.807) is 17.4 Å². The highest BCUT2D eigenvalue weighted by Gasteiger charge is 2.37. The fourth-order valence-corrected chi connectivity index (χ4v) is 6.02. The molecular formula is C21H25IN2O2S. The van der Waals surface area contributed by atoms with Crippen molar-refractivity contribution in [2.75, 3.05) is 5.32 Å². The van der Waals surface area contributed by atoms with Gasteiger partial charge in [-0.25, -0.2) is 0 Å². The maximum absolute atomic E-state index is 12.9. The Labute approximate surface area is 177 Å². The van der Waals surface area contributed by atoms with Crippen molar-refractivity contribution in [1.82, 2.24) is 5.32 Å². The molecule has 3 N–H and O–H groups in total. The first-order valence-corrected chi connectivity index (χ1v) is 11.4.